The summed E-state index contributed by atoms with van der Waals surface area (Å²) in [5, 5.41) is 2.98. The molecule has 3 heteroatoms. The highest BCUT2D eigenvalue weighted by Gasteiger charge is 2.09. The van der Waals surface area contributed by atoms with E-state index in [1.807, 2.05) is 6.54 Å². The van der Waals surface area contributed by atoms with Gasteiger partial charge in [0.25, 0.3) is 0 Å². The Kier molecular flexibility index (Phi) is 1.62. The second kappa shape index (κ2) is 2.05. The summed E-state index contributed by atoms with van der Waals surface area (Å²) in [4.78, 5) is 0. The number of alkyl halides is 1. The van der Waals surface area contributed by atoms with Crippen LogP contribution in [0.2, 0.25) is 0 Å². The molecule has 0 aromatic rings. The van der Waals surface area contributed by atoms with Crippen molar-refractivity contribution in [3.63, 3.8) is 0 Å². The van der Waals surface area contributed by atoms with Crippen LogP contribution in [0.1, 0.15) is 0 Å². The zero-order chi connectivity index (χ0) is 4.41. The molecular formula is C3H5ClNS. The van der Waals surface area contributed by atoms with Gasteiger partial charge in [0, 0.05) is 5.88 Å². The smallest absolute Gasteiger partial charge is 0.0970 e. The van der Waals surface area contributed by atoms with Crippen LogP contribution in [0, 0.1) is 6.54 Å². The maximum absolute atomic E-state index is 5.56. The van der Waals surface area contributed by atoms with Crippen molar-refractivity contribution in [1.29, 1.82) is 0 Å². The lowest BCUT2D eigenvalue weighted by molar-refractivity contribution is 0.983. The number of rotatable bonds is 0. The van der Waals surface area contributed by atoms with Crippen LogP contribution in [0.5, 0.6) is 0 Å². The van der Waals surface area contributed by atoms with Crippen molar-refractivity contribution in [3.8, 4) is 0 Å². The van der Waals surface area contributed by atoms with Crippen LogP contribution in [0.25, 0.3) is 0 Å². The van der Waals surface area contributed by atoms with Gasteiger partial charge in [-0.25, -0.2) is 0 Å². The highest BCUT2D eigenvalue weighted by Crippen LogP contribution is 2.20. The van der Waals surface area contributed by atoms with Gasteiger partial charge in [-0.05, 0) is 0 Å². The van der Waals surface area contributed by atoms with Gasteiger partial charge in [0.15, 0.2) is 0 Å². The van der Waals surface area contributed by atoms with Gasteiger partial charge in [0.05, 0.1) is 11.3 Å². The predicted molar refractivity (Wildman–Crippen MR) is 29.5 cm³/mol. The van der Waals surface area contributed by atoms with Crippen LogP contribution in [-0.2, 0) is 0 Å². The second-order valence-electron chi connectivity index (χ2n) is 1.03. The summed E-state index contributed by atoms with van der Waals surface area (Å²) < 4.78 is 0.199. The topological polar surface area (TPSA) is 12.0 Å². The molecular weight excluding hydrogens is 118 g/mol. The molecule has 0 bridgehead atoms. The Hall–Kier alpha value is 0.600. The first-order valence-electron chi connectivity index (χ1n) is 1.72. The monoisotopic (exact) mass is 122 g/mol. The van der Waals surface area contributed by atoms with Crippen LogP contribution in [-0.4, -0.2) is 10.6 Å². The quantitative estimate of drug-likeness (QED) is 0.482. The van der Waals surface area contributed by atoms with E-state index in [2.05, 4.69) is 5.32 Å². The fraction of sp³-hybridized carbons (Fsp3) is 0.667. The van der Waals surface area contributed by atoms with E-state index in [-0.39, 0.29) is 4.71 Å². The molecule has 1 N–H and O–H groups in total. The Morgan fingerprint density at radius 1 is 2.00 bits per heavy atom. The second-order valence-corrected chi connectivity index (χ2v) is 2.89. The van der Waals surface area contributed by atoms with Crippen molar-refractivity contribution in [2.24, 2.45) is 0 Å². The minimum atomic E-state index is 0.199. The minimum Gasteiger partial charge on any atom is -0.301 e. The summed E-state index contributed by atoms with van der Waals surface area (Å²) >= 11 is 7.25. The summed E-state index contributed by atoms with van der Waals surface area (Å²) in [6.45, 7) is 1.88. The molecule has 1 unspecified atom stereocenters. The van der Waals surface area contributed by atoms with Crippen molar-refractivity contribution >= 4 is 23.4 Å². The van der Waals surface area contributed by atoms with Crippen LogP contribution >= 0.6 is 23.4 Å². The average molecular weight is 123 g/mol. The van der Waals surface area contributed by atoms with Crippen LogP contribution in [0.15, 0.2) is 0 Å². The van der Waals surface area contributed by atoms with Crippen molar-refractivity contribution < 1.29 is 0 Å². The molecule has 1 heterocycles. The van der Waals surface area contributed by atoms with Crippen LogP contribution in [0.4, 0.5) is 0 Å². The Morgan fingerprint density at radius 2 is 2.83 bits per heavy atom. The highest BCUT2D eigenvalue weighted by molar-refractivity contribution is 8.01. The molecule has 1 nitrogen and oxygen atoms in total. The van der Waals surface area contributed by atoms with Gasteiger partial charge in [-0.15, -0.1) is 23.4 Å². The zero-order valence-electron chi connectivity index (χ0n) is 3.15. The van der Waals surface area contributed by atoms with E-state index in [9.17, 15) is 0 Å². The Morgan fingerprint density at radius 3 is 3.00 bits per heavy atom. The van der Waals surface area contributed by atoms with E-state index in [4.69, 9.17) is 11.6 Å². The molecule has 0 aromatic carbocycles. The Labute approximate surface area is 46.4 Å². The number of hydrogen-bond donors (Lipinski definition) is 1. The molecule has 1 atom stereocenters. The van der Waals surface area contributed by atoms with Crippen molar-refractivity contribution in [2.75, 3.05) is 5.88 Å². The molecule has 0 saturated carbocycles. The average Bonchev–Trinajstić information content (AvgIpc) is 1.86. The maximum Gasteiger partial charge on any atom is 0.0970 e. The third-order valence-corrected chi connectivity index (χ3v) is 1.87. The first-order valence-corrected chi connectivity index (χ1v) is 3.20. The van der Waals surface area contributed by atoms with Gasteiger partial charge in [-0.3, -0.25) is 0 Å². The lowest BCUT2D eigenvalue weighted by Gasteiger charge is -1.86. The number of halogens is 1. The van der Waals surface area contributed by atoms with E-state index >= 15 is 0 Å². The van der Waals surface area contributed by atoms with Gasteiger partial charge in [-0.2, -0.15) is 0 Å². The van der Waals surface area contributed by atoms with Crippen molar-refractivity contribution in [1.82, 2.24) is 5.32 Å². The fourth-order valence-electron chi connectivity index (χ4n) is 0.317. The standard InChI is InChI=1S/C3H5ClNS/c4-3-1-5-2-6-3/h1,3,5H,2H2. The highest BCUT2D eigenvalue weighted by atomic mass is 35.5. The van der Waals surface area contributed by atoms with Gasteiger partial charge in [0.2, 0.25) is 0 Å². The molecule has 1 rings (SSSR count). The van der Waals surface area contributed by atoms with E-state index in [0.29, 0.717) is 0 Å². The summed E-state index contributed by atoms with van der Waals surface area (Å²) in [6.07, 6.45) is 0. The third-order valence-electron chi connectivity index (χ3n) is 0.575. The molecule has 35 valence electrons. The number of thioether (sulfide) groups is 1. The summed E-state index contributed by atoms with van der Waals surface area (Å²) in [7, 11) is 0. The molecule has 0 aromatic heterocycles. The number of hydrogen-bond acceptors (Lipinski definition) is 2. The molecule has 1 saturated heterocycles. The molecule has 1 fully saturated rings. The van der Waals surface area contributed by atoms with Crippen LogP contribution < -0.4 is 5.32 Å². The molecule has 1 aliphatic heterocycles. The molecule has 0 aliphatic carbocycles. The maximum atomic E-state index is 5.56. The van der Waals surface area contributed by atoms with Gasteiger partial charge in [0.1, 0.15) is 0 Å². The normalized spacial score (nSPS) is 34.5. The fourth-order valence-corrected chi connectivity index (χ4v) is 1.14. The van der Waals surface area contributed by atoms with Crippen molar-refractivity contribution in [2.45, 2.75) is 4.71 Å². The molecule has 0 amide bonds. The Bertz CT molecular complexity index is 44.1. The minimum absolute atomic E-state index is 0.199. The van der Waals surface area contributed by atoms with Gasteiger partial charge >= 0.3 is 0 Å². The van der Waals surface area contributed by atoms with Crippen LogP contribution in [0.3, 0.4) is 0 Å². The lowest BCUT2D eigenvalue weighted by atomic mass is 10.8. The first-order chi connectivity index (χ1) is 2.89. The van der Waals surface area contributed by atoms with E-state index in [1.54, 1.807) is 11.8 Å². The van der Waals surface area contributed by atoms with Gasteiger partial charge < -0.3 is 5.32 Å². The largest absolute Gasteiger partial charge is 0.301 e. The third kappa shape index (κ3) is 1.03. The predicted octanol–water partition coefficient (Wildman–Crippen LogP) is 1.01. The van der Waals surface area contributed by atoms with E-state index < -0.39 is 0 Å². The summed E-state index contributed by atoms with van der Waals surface area (Å²) in [5.74, 6) is 0.966. The summed E-state index contributed by atoms with van der Waals surface area (Å²) in [5.41, 5.74) is 0. The van der Waals surface area contributed by atoms with Gasteiger partial charge in [-0.1, -0.05) is 0 Å². The number of nitrogens with one attached hydrogen (secondary N) is 1. The molecule has 1 radical (unpaired) electrons. The van der Waals surface area contributed by atoms with E-state index in [1.165, 1.54) is 0 Å². The molecule has 6 heavy (non-hydrogen) atoms. The first kappa shape index (κ1) is 4.75. The van der Waals surface area contributed by atoms with Crippen molar-refractivity contribution in [3.05, 3.63) is 6.54 Å². The van der Waals surface area contributed by atoms with E-state index in [0.717, 1.165) is 5.88 Å². The SMILES string of the molecule is ClC1[CH]NCS1. The Balaban J connectivity index is 2.18. The lowest BCUT2D eigenvalue weighted by Crippen LogP contribution is -2.00. The molecule has 1 aliphatic rings. The molecule has 0 spiro atoms. The summed E-state index contributed by atoms with van der Waals surface area (Å²) in [6, 6.07) is 0. The zero-order valence-corrected chi connectivity index (χ0v) is 4.72.